The van der Waals surface area contributed by atoms with E-state index < -0.39 is 16.1 Å². The molecule has 0 fully saturated rings. The van der Waals surface area contributed by atoms with Crippen LogP contribution in [0.25, 0.3) is 79.2 Å². The first-order chi connectivity index (χ1) is 45.6. The second-order valence-electron chi connectivity index (χ2n) is 21.6. The molecule has 0 bridgehead atoms. The van der Waals surface area contributed by atoms with Gasteiger partial charge < -0.3 is 0 Å². The van der Waals surface area contributed by atoms with Crippen LogP contribution in [0.15, 0.2) is 336 Å². The summed E-state index contributed by atoms with van der Waals surface area (Å²) in [7, 11) is -6.17. The van der Waals surface area contributed by atoms with E-state index in [-0.39, 0.29) is 0 Å². The monoisotopic (exact) mass is 1220 g/mol. The lowest BCUT2D eigenvalue weighted by Gasteiger charge is -2.35. The first kappa shape index (κ1) is 57.6. The van der Waals surface area contributed by atoms with Gasteiger partial charge in [0.2, 0.25) is 0 Å². The number of hydrogen-bond acceptors (Lipinski definition) is 13. The number of rotatable bonds is 15. The van der Waals surface area contributed by atoms with Crippen molar-refractivity contribution in [1.82, 2.24) is 64.8 Å². The van der Waals surface area contributed by atoms with E-state index in [1.54, 1.807) is 37.2 Å². The third-order valence-electron chi connectivity index (χ3n) is 16.3. The van der Waals surface area contributed by atoms with E-state index in [0.717, 1.165) is 99.9 Å². The quantitative estimate of drug-likeness (QED) is 0.0891. The highest BCUT2D eigenvalue weighted by atomic mass is 28.3. The summed E-state index contributed by atoms with van der Waals surface area (Å²) >= 11 is 0. The molecule has 0 aliphatic rings. The van der Waals surface area contributed by atoms with Crippen LogP contribution in [0.1, 0.15) is 0 Å². The summed E-state index contributed by atoms with van der Waals surface area (Å²) in [6, 6.07) is 81.3. The van der Waals surface area contributed by atoms with Gasteiger partial charge in [0.25, 0.3) is 0 Å². The van der Waals surface area contributed by atoms with E-state index in [4.69, 9.17) is 34.9 Å². The first-order valence-corrected chi connectivity index (χ1v) is 33.9. The molecule has 13 aromatic heterocycles. The molecule has 0 unspecified atom stereocenters. The smallest absolute Gasteiger partial charge is 0.180 e. The molecule has 0 aliphatic heterocycles. The lowest BCUT2D eigenvalue weighted by molar-refractivity contribution is 1.25. The van der Waals surface area contributed by atoms with Gasteiger partial charge in [0, 0.05) is 121 Å². The molecule has 0 amide bonds. The van der Waals surface area contributed by atoms with Crippen molar-refractivity contribution in [2.45, 2.75) is 0 Å². The zero-order valence-electron chi connectivity index (χ0n) is 49.6. The van der Waals surface area contributed by atoms with Crippen molar-refractivity contribution in [2.75, 3.05) is 0 Å². The number of pyridine rings is 13. The van der Waals surface area contributed by atoms with Crippen LogP contribution in [0, 0.1) is 0 Å². The van der Waals surface area contributed by atoms with E-state index in [2.05, 4.69) is 157 Å². The Kier molecular flexibility index (Phi) is 16.7. The van der Waals surface area contributed by atoms with Gasteiger partial charge in [-0.2, -0.15) is 0 Å². The van der Waals surface area contributed by atoms with Crippen LogP contribution in [-0.2, 0) is 0 Å². The van der Waals surface area contributed by atoms with E-state index in [1.807, 2.05) is 171 Å². The van der Waals surface area contributed by atoms with Crippen LogP contribution in [0.5, 0.6) is 0 Å². The van der Waals surface area contributed by atoms with Crippen LogP contribution in [0.3, 0.4) is 0 Å². The van der Waals surface area contributed by atoms with E-state index >= 15 is 0 Å². The van der Waals surface area contributed by atoms with Crippen molar-refractivity contribution >= 4 is 57.6 Å². The Labute approximate surface area is 534 Å². The van der Waals surface area contributed by atoms with E-state index in [0.29, 0.717) is 0 Å². The van der Waals surface area contributed by atoms with Gasteiger partial charge in [0.05, 0.1) is 56.9 Å². The summed E-state index contributed by atoms with van der Waals surface area (Å²) in [4.78, 5) is 60.6. The summed E-state index contributed by atoms with van der Waals surface area (Å²) in [6.07, 6.45) is 29.6. The topological polar surface area (TPSA) is 168 Å². The van der Waals surface area contributed by atoms with Crippen LogP contribution in [-0.4, -0.2) is 80.9 Å². The van der Waals surface area contributed by atoms with Crippen LogP contribution in [0.2, 0.25) is 0 Å². The van der Waals surface area contributed by atoms with Gasteiger partial charge in [-0.25, -0.2) is 0 Å². The average molecular weight is 1220 g/mol. The fourth-order valence-corrected chi connectivity index (χ4v) is 21.5. The third kappa shape index (κ3) is 11.7. The van der Waals surface area contributed by atoms with Gasteiger partial charge >= 0.3 is 0 Å². The maximum atomic E-state index is 4.86. The molecule has 0 saturated carbocycles. The lowest BCUT2D eigenvalue weighted by atomic mass is 10.1. The van der Waals surface area contributed by atoms with Gasteiger partial charge in [-0.1, -0.05) is 78.9 Å². The van der Waals surface area contributed by atoms with Crippen molar-refractivity contribution in [3.63, 3.8) is 0 Å². The minimum absolute atomic E-state index is 0.823. The Morgan fingerprint density at radius 3 is 0.707 bits per heavy atom. The van der Waals surface area contributed by atoms with E-state index in [9.17, 15) is 0 Å². The molecule has 15 heteroatoms. The van der Waals surface area contributed by atoms with Gasteiger partial charge in [-0.15, -0.1) is 0 Å². The van der Waals surface area contributed by atoms with Crippen LogP contribution < -0.4 is 41.5 Å². The molecule has 0 atom stereocenters. The third-order valence-corrected chi connectivity index (χ3v) is 25.7. The average Bonchev–Trinajstić information content (AvgIpc) is 0.748. The fraction of sp³-hybridized carbons (Fsp3) is 0. The molecule has 436 valence electrons. The molecule has 0 radical (unpaired) electrons. The minimum Gasteiger partial charge on any atom is -0.264 e. The molecule has 0 N–H and O–H groups in total. The number of aromatic nitrogens is 13. The van der Waals surface area contributed by atoms with Crippen LogP contribution >= 0.6 is 0 Å². The summed E-state index contributed by atoms with van der Waals surface area (Å²) < 4.78 is 0. The summed E-state index contributed by atoms with van der Waals surface area (Å²) in [6.45, 7) is 0. The molecule has 15 rings (SSSR count). The normalized spacial score (nSPS) is 11.3. The highest BCUT2D eigenvalue weighted by Gasteiger charge is 2.44. The standard InChI is InChI=1S/C41H29N7Si.C36H26N6Si/c1-2-7-30(8-3-1)38-23-34(12-19-45-38)49(35-13-20-46-39(24-35)31-9-4-16-42-27-31,36-14-21-47-40(25-36)32-10-5-17-43-28-32)37-15-22-48-41(26-37)33-11-6-18-44-29-33;1-2-10-27(11-3-1)43(28-15-21-40-34(24-28)31-12-4-7-18-37-31,29-16-22-41-35(25-29)32-13-5-8-19-38-32)30-17-23-42-36(26-30)33-14-6-9-20-39-33/h1-29H;1-26H. The highest BCUT2D eigenvalue weighted by Crippen LogP contribution is 2.25. The molecule has 2 aromatic carbocycles. The maximum Gasteiger partial charge on any atom is 0.180 e. The second-order valence-corrected chi connectivity index (χ2v) is 29.2. The molecule has 92 heavy (non-hydrogen) atoms. The summed E-state index contributed by atoms with van der Waals surface area (Å²) in [5.41, 5.74) is 12.3. The Morgan fingerprint density at radius 2 is 0.413 bits per heavy atom. The van der Waals surface area contributed by atoms with Crippen molar-refractivity contribution in [3.8, 4) is 79.2 Å². The van der Waals surface area contributed by atoms with Crippen molar-refractivity contribution in [2.24, 2.45) is 0 Å². The van der Waals surface area contributed by atoms with Gasteiger partial charge in [0.15, 0.2) is 16.1 Å². The molecular formula is C77H55N13Si2. The summed E-state index contributed by atoms with van der Waals surface area (Å²) in [5.74, 6) is 0. The largest absolute Gasteiger partial charge is 0.264 e. The number of nitrogens with zero attached hydrogens (tertiary/aromatic N) is 13. The minimum atomic E-state index is -3.18. The molecular weight excluding hydrogens is 1160 g/mol. The van der Waals surface area contributed by atoms with Gasteiger partial charge in [-0.3, -0.25) is 64.8 Å². The molecule has 15 aromatic rings. The zero-order chi connectivity index (χ0) is 61.8. The molecule has 13 heterocycles. The van der Waals surface area contributed by atoms with Crippen molar-refractivity contribution in [1.29, 1.82) is 0 Å². The molecule has 0 aliphatic carbocycles. The molecule has 0 saturated heterocycles. The maximum absolute atomic E-state index is 4.86. The second kappa shape index (κ2) is 26.7. The van der Waals surface area contributed by atoms with Crippen molar-refractivity contribution in [3.05, 3.63) is 336 Å². The van der Waals surface area contributed by atoms with Crippen molar-refractivity contribution < 1.29 is 0 Å². The Bertz CT molecular complexity index is 4400. The molecule has 0 spiro atoms. The van der Waals surface area contributed by atoms with Gasteiger partial charge in [-0.05, 0) is 199 Å². The lowest BCUT2D eigenvalue weighted by Crippen LogP contribution is -2.75. The Hall–Kier alpha value is -12.2. The SMILES string of the molecule is c1ccc(-c2cc([Si](c3ccnc(-c4cccnc4)c3)(c3ccnc(-c4cccnc4)c3)c3ccnc(-c4cccnc4)c3)ccn2)cc1.c1ccc([Si](c2ccnc(-c3ccccn3)c2)(c2ccnc(-c3ccccn3)c2)c2ccnc(-c3ccccn3)c2)cc1. The highest BCUT2D eigenvalue weighted by molar-refractivity contribution is 7.20. The number of benzene rings is 2. The predicted molar refractivity (Wildman–Crippen MR) is 370 cm³/mol. The number of hydrogen-bond donors (Lipinski definition) is 0. The fourth-order valence-electron chi connectivity index (χ4n) is 12.1. The van der Waals surface area contributed by atoms with Crippen LogP contribution in [0.4, 0.5) is 0 Å². The predicted octanol–water partition coefficient (Wildman–Crippen LogP) is 9.93. The molecule has 13 nitrogen and oxygen atoms in total. The zero-order valence-corrected chi connectivity index (χ0v) is 51.6. The Morgan fingerprint density at radius 1 is 0.163 bits per heavy atom. The summed E-state index contributed by atoms with van der Waals surface area (Å²) in [5, 5.41) is 9.36. The van der Waals surface area contributed by atoms with Gasteiger partial charge in [0.1, 0.15) is 0 Å². The Balaban J connectivity index is 0.000000161. The van der Waals surface area contributed by atoms with E-state index in [1.165, 1.54) is 20.7 Å². The first-order valence-electron chi connectivity index (χ1n) is 29.9.